The van der Waals surface area contributed by atoms with Gasteiger partial charge in [0, 0.05) is 65.8 Å². The van der Waals surface area contributed by atoms with Crippen molar-refractivity contribution < 1.29 is 8.83 Å². The van der Waals surface area contributed by atoms with Gasteiger partial charge in [-0.25, -0.2) is 0 Å². The minimum absolute atomic E-state index is 0.894. The van der Waals surface area contributed by atoms with Gasteiger partial charge in [-0.1, -0.05) is 188 Å². The molecule has 0 aliphatic heterocycles. The van der Waals surface area contributed by atoms with Crippen LogP contribution in [0.3, 0.4) is 0 Å². The lowest BCUT2D eigenvalue weighted by Gasteiger charge is -2.27. The molecule has 0 bridgehead atoms. The molecule has 0 N–H and O–H groups in total. The SMILES string of the molecule is c1ccc(N(c2cccc(-c3ccc(-c4ccc(-c5ccc(N(c6ccccc6)c6cc7c8ccccc8oc7c7ccccc67)cc5)cc4)cc3)c2)c2cccc3c2ccc2c4ccccc4oc32)cc1. The molecule has 0 spiro atoms. The van der Waals surface area contributed by atoms with Crippen molar-refractivity contribution in [3.8, 4) is 33.4 Å². The van der Waals surface area contributed by atoms with Crippen LogP contribution in [0.5, 0.6) is 0 Å². The zero-order valence-corrected chi connectivity index (χ0v) is 39.1. The van der Waals surface area contributed by atoms with E-state index in [0.29, 0.717) is 0 Å². The quantitative estimate of drug-likeness (QED) is 0.144. The van der Waals surface area contributed by atoms with Crippen molar-refractivity contribution in [3.05, 3.63) is 267 Å². The van der Waals surface area contributed by atoms with Gasteiger partial charge in [0.1, 0.15) is 22.3 Å². The molecule has 2 heterocycles. The fraction of sp³-hybridized carbons (Fsp3) is 0. The highest BCUT2D eigenvalue weighted by atomic mass is 16.3. The monoisotopic (exact) mass is 920 g/mol. The first-order chi connectivity index (χ1) is 35.7. The Kier molecular flexibility index (Phi) is 9.82. The Morgan fingerprint density at radius 3 is 1.18 bits per heavy atom. The Hall–Kier alpha value is -9.64. The Bertz CT molecular complexity index is 4310. The first-order valence-electron chi connectivity index (χ1n) is 24.5. The normalized spacial score (nSPS) is 11.6. The largest absolute Gasteiger partial charge is 0.455 e. The third kappa shape index (κ3) is 7.00. The van der Waals surface area contributed by atoms with Crippen LogP contribution < -0.4 is 9.80 Å². The van der Waals surface area contributed by atoms with Crippen LogP contribution in [0.1, 0.15) is 0 Å². The molecular weight excluding hydrogens is 877 g/mol. The number of furan rings is 2. The molecule has 72 heavy (non-hydrogen) atoms. The lowest BCUT2D eigenvalue weighted by Crippen LogP contribution is -2.10. The second-order valence-electron chi connectivity index (χ2n) is 18.4. The van der Waals surface area contributed by atoms with E-state index in [-0.39, 0.29) is 0 Å². The molecule has 4 nitrogen and oxygen atoms in total. The molecule has 0 aliphatic carbocycles. The van der Waals surface area contributed by atoms with Crippen LogP contribution in [-0.4, -0.2) is 0 Å². The minimum atomic E-state index is 0.894. The van der Waals surface area contributed by atoms with Crippen molar-refractivity contribution in [1.82, 2.24) is 0 Å². The lowest BCUT2D eigenvalue weighted by atomic mass is 9.97. The molecule has 0 fully saturated rings. The van der Waals surface area contributed by atoms with Gasteiger partial charge in [0.2, 0.25) is 0 Å². The number of hydrogen-bond donors (Lipinski definition) is 0. The lowest BCUT2D eigenvalue weighted by molar-refractivity contribution is 0.672. The fourth-order valence-corrected chi connectivity index (χ4v) is 10.8. The van der Waals surface area contributed by atoms with Crippen molar-refractivity contribution in [2.45, 2.75) is 0 Å². The summed E-state index contributed by atoms with van der Waals surface area (Å²) in [5.74, 6) is 0. The Labute approximate surface area is 416 Å². The predicted octanol–water partition coefficient (Wildman–Crippen LogP) is 19.7. The van der Waals surface area contributed by atoms with Crippen LogP contribution in [0.25, 0.3) is 98.8 Å². The average molecular weight is 921 g/mol. The van der Waals surface area contributed by atoms with Crippen molar-refractivity contribution in [3.63, 3.8) is 0 Å². The molecule has 0 aliphatic rings. The van der Waals surface area contributed by atoms with Gasteiger partial charge in [0.15, 0.2) is 0 Å². The van der Waals surface area contributed by atoms with Crippen molar-refractivity contribution >= 4 is 99.5 Å². The molecule has 0 unspecified atom stereocenters. The smallest absolute Gasteiger partial charge is 0.143 e. The molecule has 0 amide bonds. The second-order valence-corrected chi connectivity index (χ2v) is 18.4. The molecule has 0 saturated heterocycles. The van der Waals surface area contributed by atoms with Crippen LogP contribution in [0.15, 0.2) is 276 Å². The van der Waals surface area contributed by atoms with Crippen LogP contribution in [0.4, 0.5) is 34.1 Å². The maximum absolute atomic E-state index is 6.50. The number of hydrogen-bond acceptors (Lipinski definition) is 4. The van der Waals surface area contributed by atoms with Gasteiger partial charge in [0.25, 0.3) is 0 Å². The third-order valence-electron chi connectivity index (χ3n) is 14.3. The molecule has 2 aromatic heterocycles. The van der Waals surface area contributed by atoms with E-state index in [9.17, 15) is 0 Å². The average Bonchev–Trinajstić information content (AvgIpc) is 4.04. The molecular formula is C68H44N2O2. The first kappa shape index (κ1) is 41.3. The summed E-state index contributed by atoms with van der Waals surface area (Å²) >= 11 is 0. The second kappa shape index (κ2) is 17.1. The summed E-state index contributed by atoms with van der Waals surface area (Å²) in [5.41, 5.74) is 17.1. The maximum Gasteiger partial charge on any atom is 0.143 e. The van der Waals surface area contributed by atoms with Gasteiger partial charge in [-0.2, -0.15) is 0 Å². The topological polar surface area (TPSA) is 32.8 Å². The van der Waals surface area contributed by atoms with Crippen LogP contribution in [-0.2, 0) is 0 Å². The summed E-state index contributed by atoms with van der Waals surface area (Å²) in [7, 11) is 0. The molecule has 338 valence electrons. The van der Waals surface area contributed by atoms with Crippen LogP contribution in [0, 0.1) is 0 Å². The van der Waals surface area contributed by atoms with E-state index < -0.39 is 0 Å². The number of benzene rings is 12. The molecule has 4 heteroatoms. The molecule has 0 atom stereocenters. The molecule has 14 aromatic rings. The number of anilines is 6. The predicted molar refractivity (Wildman–Crippen MR) is 302 cm³/mol. The Morgan fingerprint density at radius 2 is 0.583 bits per heavy atom. The molecule has 0 radical (unpaired) electrons. The number of rotatable bonds is 9. The highest BCUT2D eigenvalue weighted by molar-refractivity contribution is 6.20. The molecule has 12 aromatic carbocycles. The maximum atomic E-state index is 6.50. The van der Waals surface area contributed by atoms with Gasteiger partial charge < -0.3 is 18.6 Å². The van der Waals surface area contributed by atoms with E-state index in [2.05, 4.69) is 252 Å². The third-order valence-corrected chi connectivity index (χ3v) is 14.3. The molecule has 0 saturated carbocycles. The number of nitrogens with zero attached hydrogens (tertiary/aromatic N) is 2. The van der Waals surface area contributed by atoms with E-state index in [1.807, 2.05) is 24.3 Å². The van der Waals surface area contributed by atoms with Gasteiger partial charge in [0.05, 0.1) is 11.4 Å². The van der Waals surface area contributed by atoms with E-state index >= 15 is 0 Å². The standard InChI is InChI=1S/C68H44N2O2/c1-3-16-51(17-4-1)69(64-44-62-58-23-10-12-28-66(58)72-68(62)59-24-8-7-21-55(59)64)53-39-37-48(38-40-53)47-31-29-45(30-32-47)46-33-35-49(36-34-46)50-15-13-20-54(43-50)70(52-18-5-2-6-19-52)63-26-14-25-60-56(63)41-42-61-57-22-9-11-27-65(57)71-67(60)61/h1-44H. The summed E-state index contributed by atoms with van der Waals surface area (Å²) in [6, 6.07) is 95.3. The van der Waals surface area contributed by atoms with Crippen LogP contribution >= 0.6 is 0 Å². The summed E-state index contributed by atoms with van der Waals surface area (Å²) in [6.07, 6.45) is 0. The fourth-order valence-electron chi connectivity index (χ4n) is 10.8. The van der Waals surface area contributed by atoms with Gasteiger partial charge >= 0.3 is 0 Å². The van der Waals surface area contributed by atoms with Gasteiger partial charge in [-0.15, -0.1) is 0 Å². The van der Waals surface area contributed by atoms with E-state index in [1.165, 1.54) is 11.1 Å². The van der Waals surface area contributed by atoms with Gasteiger partial charge in [-0.05, 0) is 112 Å². The summed E-state index contributed by atoms with van der Waals surface area (Å²) < 4.78 is 13.0. The summed E-state index contributed by atoms with van der Waals surface area (Å²) in [4.78, 5) is 4.72. The van der Waals surface area contributed by atoms with Crippen LogP contribution in [0.2, 0.25) is 0 Å². The summed E-state index contributed by atoms with van der Waals surface area (Å²) in [5, 5.41) is 8.93. The van der Waals surface area contributed by atoms with Crippen molar-refractivity contribution in [2.75, 3.05) is 9.80 Å². The highest BCUT2D eigenvalue weighted by Crippen LogP contribution is 2.46. The zero-order chi connectivity index (χ0) is 47.5. The van der Waals surface area contributed by atoms with Crippen molar-refractivity contribution in [1.29, 1.82) is 0 Å². The highest BCUT2D eigenvalue weighted by Gasteiger charge is 2.22. The first-order valence-corrected chi connectivity index (χ1v) is 24.5. The van der Waals surface area contributed by atoms with E-state index in [4.69, 9.17) is 8.83 Å². The number of fused-ring (bicyclic) bond motifs is 10. The van der Waals surface area contributed by atoms with Gasteiger partial charge in [-0.3, -0.25) is 0 Å². The van der Waals surface area contributed by atoms with E-state index in [1.54, 1.807) is 0 Å². The minimum Gasteiger partial charge on any atom is -0.455 e. The Morgan fingerprint density at radius 1 is 0.208 bits per heavy atom. The Balaban J connectivity index is 0.756. The van der Waals surface area contributed by atoms with Crippen molar-refractivity contribution in [2.24, 2.45) is 0 Å². The zero-order valence-electron chi connectivity index (χ0n) is 39.1. The van der Waals surface area contributed by atoms with E-state index in [0.717, 1.165) is 122 Å². The molecule has 14 rings (SSSR count). The summed E-state index contributed by atoms with van der Waals surface area (Å²) in [6.45, 7) is 0. The number of para-hydroxylation sites is 4.